The highest BCUT2D eigenvalue weighted by Gasteiger charge is 2.09. The molecule has 0 amide bonds. The van der Waals surface area contributed by atoms with Crippen LogP contribution in [0, 0.1) is 0 Å². The summed E-state index contributed by atoms with van der Waals surface area (Å²) in [5.41, 5.74) is 2.12. The van der Waals surface area contributed by atoms with Crippen LogP contribution < -0.4 is 0 Å². The molecule has 1 heterocycles. The lowest BCUT2D eigenvalue weighted by Crippen LogP contribution is -2.01. The van der Waals surface area contributed by atoms with Gasteiger partial charge in [-0.2, -0.15) is 0 Å². The molecule has 78 valence electrons. The second-order valence-electron chi connectivity index (χ2n) is 3.10. The molecule has 0 saturated carbocycles. The minimum absolute atomic E-state index is 0.358. The van der Waals surface area contributed by atoms with Gasteiger partial charge in [0, 0.05) is 6.54 Å². The predicted octanol–water partition coefficient (Wildman–Crippen LogP) is 1.24. The van der Waals surface area contributed by atoms with E-state index in [1.165, 1.54) is 7.11 Å². The smallest absolute Gasteiger partial charge is 0.337 e. The van der Waals surface area contributed by atoms with Crippen molar-refractivity contribution < 1.29 is 9.53 Å². The van der Waals surface area contributed by atoms with Gasteiger partial charge in [-0.05, 0) is 25.1 Å². The van der Waals surface area contributed by atoms with Crippen LogP contribution in [0.15, 0.2) is 18.2 Å². The fraction of sp³-hybridized carbons (Fsp3) is 0.300. The summed E-state index contributed by atoms with van der Waals surface area (Å²) in [5.74, 6) is -0.358. The molecule has 15 heavy (non-hydrogen) atoms. The standard InChI is InChI=1S/C10H11N3O2/c1-3-13-9-5-4-7(10(14)15-2)6-8(9)11-12-13/h4-6H,3H2,1-2H3. The molecule has 0 fully saturated rings. The number of hydrogen-bond donors (Lipinski definition) is 0. The molecule has 1 aromatic carbocycles. The molecule has 0 atom stereocenters. The summed E-state index contributed by atoms with van der Waals surface area (Å²) in [6.07, 6.45) is 0. The monoisotopic (exact) mass is 205 g/mol. The molecule has 2 aromatic rings. The van der Waals surface area contributed by atoms with E-state index in [0.717, 1.165) is 12.1 Å². The van der Waals surface area contributed by atoms with Crippen molar-refractivity contribution in [2.45, 2.75) is 13.5 Å². The molecule has 2 rings (SSSR count). The van der Waals surface area contributed by atoms with Gasteiger partial charge in [0.2, 0.25) is 0 Å². The number of carbonyl (C=O) groups excluding carboxylic acids is 1. The highest BCUT2D eigenvalue weighted by Crippen LogP contribution is 2.13. The third-order valence-corrected chi connectivity index (χ3v) is 2.23. The largest absolute Gasteiger partial charge is 0.465 e. The Bertz CT molecular complexity index is 504. The lowest BCUT2D eigenvalue weighted by Gasteiger charge is -1.99. The van der Waals surface area contributed by atoms with Crippen molar-refractivity contribution in [1.82, 2.24) is 15.0 Å². The van der Waals surface area contributed by atoms with Gasteiger partial charge in [0.05, 0.1) is 18.2 Å². The molecule has 0 aliphatic heterocycles. The molecular weight excluding hydrogens is 194 g/mol. The molecule has 0 bridgehead atoms. The highest BCUT2D eigenvalue weighted by molar-refractivity contribution is 5.93. The molecule has 0 saturated heterocycles. The first kappa shape index (κ1) is 9.64. The summed E-state index contributed by atoms with van der Waals surface area (Å²) in [6.45, 7) is 2.75. The van der Waals surface area contributed by atoms with Crippen LogP contribution in [0.1, 0.15) is 17.3 Å². The Labute approximate surface area is 86.6 Å². The van der Waals surface area contributed by atoms with E-state index in [9.17, 15) is 4.79 Å². The first-order chi connectivity index (χ1) is 7.26. The van der Waals surface area contributed by atoms with E-state index in [2.05, 4.69) is 15.0 Å². The zero-order valence-electron chi connectivity index (χ0n) is 8.60. The summed E-state index contributed by atoms with van der Waals surface area (Å²) in [5, 5.41) is 7.93. The Morgan fingerprint density at radius 3 is 3.00 bits per heavy atom. The Hall–Kier alpha value is -1.91. The molecule has 0 aliphatic carbocycles. The van der Waals surface area contributed by atoms with Crippen molar-refractivity contribution in [3.63, 3.8) is 0 Å². The van der Waals surface area contributed by atoms with Gasteiger partial charge in [-0.1, -0.05) is 5.21 Å². The normalized spacial score (nSPS) is 10.5. The average Bonchev–Trinajstić information content (AvgIpc) is 2.69. The number of hydrogen-bond acceptors (Lipinski definition) is 4. The van der Waals surface area contributed by atoms with Crippen LogP contribution in [0.4, 0.5) is 0 Å². The van der Waals surface area contributed by atoms with Crippen molar-refractivity contribution in [2.75, 3.05) is 7.11 Å². The zero-order chi connectivity index (χ0) is 10.8. The summed E-state index contributed by atoms with van der Waals surface area (Å²) in [6, 6.07) is 5.22. The summed E-state index contributed by atoms with van der Waals surface area (Å²) in [4.78, 5) is 11.3. The maximum Gasteiger partial charge on any atom is 0.337 e. The second kappa shape index (κ2) is 3.68. The van der Waals surface area contributed by atoms with Crippen LogP contribution in [-0.4, -0.2) is 28.1 Å². The molecule has 1 aromatic heterocycles. The fourth-order valence-corrected chi connectivity index (χ4v) is 1.45. The Balaban J connectivity index is 2.53. The number of nitrogens with zero attached hydrogens (tertiary/aromatic N) is 3. The molecule has 0 radical (unpaired) electrons. The summed E-state index contributed by atoms with van der Waals surface area (Å²) < 4.78 is 6.40. The van der Waals surface area contributed by atoms with E-state index in [1.54, 1.807) is 16.8 Å². The number of methoxy groups -OCH3 is 1. The van der Waals surface area contributed by atoms with Crippen LogP contribution >= 0.6 is 0 Å². The van der Waals surface area contributed by atoms with Crippen molar-refractivity contribution in [3.8, 4) is 0 Å². The maximum absolute atomic E-state index is 11.3. The maximum atomic E-state index is 11.3. The lowest BCUT2D eigenvalue weighted by atomic mass is 10.2. The van der Waals surface area contributed by atoms with E-state index >= 15 is 0 Å². The van der Waals surface area contributed by atoms with E-state index in [0.29, 0.717) is 11.1 Å². The lowest BCUT2D eigenvalue weighted by molar-refractivity contribution is 0.0601. The number of aryl methyl sites for hydroxylation is 1. The number of esters is 1. The predicted molar refractivity (Wildman–Crippen MR) is 54.5 cm³/mol. The van der Waals surface area contributed by atoms with Crippen LogP contribution in [0.25, 0.3) is 11.0 Å². The minimum Gasteiger partial charge on any atom is -0.465 e. The Morgan fingerprint density at radius 1 is 1.53 bits per heavy atom. The van der Waals surface area contributed by atoms with Gasteiger partial charge in [-0.3, -0.25) is 0 Å². The van der Waals surface area contributed by atoms with E-state index in [-0.39, 0.29) is 5.97 Å². The first-order valence-electron chi connectivity index (χ1n) is 4.68. The van der Waals surface area contributed by atoms with E-state index in [4.69, 9.17) is 0 Å². The van der Waals surface area contributed by atoms with Gasteiger partial charge in [-0.25, -0.2) is 9.48 Å². The van der Waals surface area contributed by atoms with Gasteiger partial charge >= 0.3 is 5.97 Å². The Morgan fingerprint density at radius 2 is 2.33 bits per heavy atom. The zero-order valence-corrected chi connectivity index (χ0v) is 8.60. The second-order valence-corrected chi connectivity index (χ2v) is 3.10. The molecule has 0 aliphatic rings. The van der Waals surface area contributed by atoms with Crippen LogP contribution in [0.5, 0.6) is 0 Å². The van der Waals surface area contributed by atoms with Crippen molar-refractivity contribution in [3.05, 3.63) is 23.8 Å². The van der Waals surface area contributed by atoms with Gasteiger partial charge in [0.25, 0.3) is 0 Å². The molecule has 5 nitrogen and oxygen atoms in total. The highest BCUT2D eigenvalue weighted by atomic mass is 16.5. The van der Waals surface area contributed by atoms with Crippen LogP contribution in [0.2, 0.25) is 0 Å². The van der Waals surface area contributed by atoms with Gasteiger partial charge in [0.1, 0.15) is 5.52 Å². The van der Waals surface area contributed by atoms with Crippen molar-refractivity contribution >= 4 is 17.0 Å². The topological polar surface area (TPSA) is 57.0 Å². The molecule has 0 spiro atoms. The van der Waals surface area contributed by atoms with Crippen LogP contribution in [-0.2, 0) is 11.3 Å². The van der Waals surface area contributed by atoms with E-state index < -0.39 is 0 Å². The number of rotatable bonds is 2. The molecular formula is C10H11N3O2. The third kappa shape index (κ3) is 1.56. The number of fused-ring (bicyclic) bond motifs is 1. The molecule has 0 unspecified atom stereocenters. The number of carbonyl (C=O) groups is 1. The summed E-state index contributed by atoms with van der Waals surface area (Å²) in [7, 11) is 1.36. The number of aromatic nitrogens is 3. The van der Waals surface area contributed by atoms with Gasteiger partial charge in [-0.15, -0.1) is 5.10 Å². The Kier molecular flexibility index (Phi) is 2.37. The minimum atomic E-state index is -0.358. The number of ether oxygens (including phenoxy) is 1. The summed E-state index contributed by atoms with van der Waals surface area (Å²) >= 11 is 0. The van der Waals surface area contributed by atoms with Crippen molar-refractivity contribution in [1.29, 1.82) is 0 Å². The third-order valence-electron chi connectivity index (χ3n) is 2.23. The quantitative estimate of drug-likeness (QED) is 0.692. The molecule has 5 heteroatoms. The van der Waals surface area contributed by atoms with Gasteiger partial charge in [0.15, 0.2) is 0 Å². The molecule has 0 N–H and O–H groups in total. The van der Waals surface area contributed by atoms with Crippen molar-refractivity contribution in [2.24, 2.45) is 0 Å². The SMILES string of the molecule is CCn1nnc2cc(C(=O)OC)ccc21. The first-order valence-corrected chi connectivity index (χ1v) is 4.68. The average molecular weight is 205 g/mol. The van der Waals surface area contributed by atoms with Gasteiger partial charge < -0.3 is 4.74 Å². The number of benzene rings is 1. The van der Waals surface area contributed by atoms with E-state index in [1.807, 2.05) is 13.0 Å². The fourth-order valence-electron chi connectivity index (χ4n) is 1.45. The van der Waals surface area contributed by atoms with Crippen LogP contribution in [0.3, 0.4) is 0 Å².